The van der Waals surface area contributed by atoms with Crippen LogP contribution in [-0.2, 0) is 26.2 Å². The number of hydrogen-bond acceptors (Lipinski definition) is 0. The minimum Gasteiger partial charge on any atom is -0.273 e. The summed E-state index contributed by atoms with van der Waals surface area (Å²) in [7, 11) is 0. The third-order valence-corrected chi connectivity index (χ3v) is 2.04. The molecule has 0 atom stereocenters. The summed E-state index contributed by atoms with van der Waals surface area (Å²) in [5.41, 5.74) is 0. The topological polar surface area (TPSA) is 0 Å². The quantitative estimate of drug-likeness (QED) is 0.490. The van der Waals surface area contributed by atoms with Crippen LogP contribution in [0, 0.1) is 9.65 Å². The minimum absolute atomic E-state index is 0. The van der Waals surface area contributed by atoms with Gasteiger partial charge in [0.1, 0.15) is 0 Å². The molecule has 0 aliphatic heterocycles. The predicted molar refractivity (Wildman–Crippen MR) is 60.7 cm³/mol. The Morgan fingerprint density at radius 2 is 1.85 bits per heavy atom. The van der Waals surface area contributed by atoms with Gasteiger partial charge < -0.3 is 0 Å². The van der Waals surface area contributed by atoms with Crippen LogP contribution in [0.25, 0.3) is 0 Å². The summed E-state index contributed by atoms with van der Waals surface area (Å²) in [6, 6.07) is 10.2. The van der Waals surface area contributed by atoms with Crippen LogP contribution in [-0.4, -0.2) is 0 Å². The first-order valence-corrected chi connectivity index (χ1v) is 4.90. The molecular formula is C11H10IZr-. The third kappa shape index (κ3) is 7.39. The van der Waals surface area contributed by atoms with Gasteiger partial charge in [0.2, 0.25) is 0 Å². The van der Waals surface area contributed by atoms with Gasteiger partial charge in [0.15, 0.2) is 0 Å². The molecule has 0 saturated heterocycles. The van der Waals surface area contributed by atoms with E-state index in [0.717, 1.165) is 6.42 Å². The summed E-state index contributed by atoms with van der Waals surface area (Å²) >= 11 is 2.28. The van der Waals surface area contributed by atoms with Crippen molar-refractivity contribution in [2.24, 2.45) is 0 Å². The first-order valence-electron chi connectivity index (χ1n) is 3.82. The Kier molecular flexibility index (Phi) is 9.11. The number of halogens is 1. The second-order valence-corrected chi connectivity index (χ2v) is 3.54. The fourth-order valence-corrected chi connectivity index (χ4v) is 1.17. The van der Waals surface area contributed by atoms with Crippen molar-refractivity contribution in [3.8, 4) is 0 Å². The molecule has 1 aromatic carbocycles. The van der Waals surface area contributed by atoms with Crippen LogP contribution in [0.5, 0.6) is 0 Å². The number of benzene rings is 1. The standard InChI is InChI=1S/C6H5I.C5H5.Zr/c7-6-4-2-1-3-5-6;1-2-4-5-3-1;/h1-5H;1-3H,4H2;/q;-1;. The molecule has 0 aromatic heterocycles. The van der Waals surface area contributed by atoms with Crippen molar-refractivity contribution in [1.29, 1.82) is 0 Å². The van der Waals surface area contributed by atoms with Gasteiger partial charge in [0.05, 0.1) is 0 Å². The van der Waals surface area contributed by atoms with E-state index in [-0.39, 0.29) is 26.2 Å². The van der Waals surface area contributed by atoms with Crippen LogP contribution < -0.4 is 0 Å². The molecule has 1 aromatic rings. The van der Waals surface area contributed by atoms with Crippen LogP contribution in [0.4, 0.5) is 0 Å². The van der Waals surface area contributed by atoms with E-state index < -0.39 is 0 Å². The van der Waals surface area contributed by atoms with Crippen molar-refractivity contribution in [2.45, 2.75) is 6.42 Å². The molecule has 0 amide bonds. The van der Waals surface area contributed by atoms with Crippen LogP contribution in [0.2, 0.25) is 0 Å². The molecule has 1 aliphatic carbocycles. The molecule has 0 nitrogen and oxygen atoms in total. The summed E-state index contributed by atoms with van der Waals surface area (Å²) in [5.74, 6) is 0. The smallest absolute Gasteiger partial charge is 0.0130 e. The maximum absolute atomic E-state index is 2.99. The molecular weight excluding hydrogens is 350 g/mol. The molecule has 0 radical (unpaired) electrons. The van der Waals surface area contributed by atoms with Crippen LogP contribution >= 0.6 is 22.6 Å². The molecule has 0 heterocycles. The average molecular weight is 360 g/mol. The Balaban J connectivity index is 0.000000215. The van der Waals surface area contributed by atoms with Crippen molar-refractivity contribution >= 4 is 22.6 Å². The van der Waals surface area contributed by atoms with Crippen molar-refractivity contribution in [1.82, 2.24) is 0 Å². The van der Waals surface area contributed by atoms with Crippen LogP contribution in [0.3, 0.4) is 0 Å². The Morgan fingerprint density at radius 1 is 1.15 bits per heavy atom. The second-order valence-electron chi connectivity index (χ2n) is 2.30. The Labute approximate surface area is 112 Å². The van der Waals surface area contributed by atoms with E-state index in [1.165, 1.54) is 3.57 Å². The van der Waals surface area contributed by atoms with E-state index in [2.05, 4.69) is 46.9 Å². The van der Waals surface area contributed by atoms with Gasteiger partial charge in [-0.05, 0) is 34.7 Å². The van der Waals surface area contributed by atoms with Crippen LogP contribution in [0.1, 0.15) is 6.42 Å². The van der Waals surface area contributed by atoms with Crippen molar-refractivity contribution in [2.75, 3.05) is 0 Å². The van der Waals surface area contributed by atoms with E-state index in [9.17, 15) is 0 Å². The summed E-state index contributed by atoms with van der Waals surface area (Å²) in [6.45, 7) is 0. The molecule has 2 rings (SSSR count). The SMILES string of the molecule is Ic1ccccc1.[C-]1=CC=CC1.[Zr]. The zero-order valence-corrected chi connectivity index (χ0v) is 11.8. The Bertz CT molecular complexity index is 255. The molecule has 0 spiro atoms. The molecule has 1 aliphatic rings. The van der Waals surface area contributed by atoms with Gasteiger partial charge in [-0.2, -0.15) is 6.08 Å². The van der Waals surface area contributed by atoms with Gasteiger partial charge in [0, 0.05) is 29.8 Å². The molecule has 0 saturated carbocycles. The van der Waals surface area contributed by atoms with Crippen molar-refractivity contribution < 1.29 is 26.2 Å². The van der Waals surface area contributed by atoms with E-state index in [0.29, 0.717) is 0 Å². The van der Waals surface area contributed by atoms with Crippen molar-refractivity contribution in [3.05, 3.63) is 58.2 Å². The zero-order valence-electron chi connectivity index (χ0n) is 7.20. The van der Waals surface area contributed by atoms with Gasteiger partial charge in [0.25, 0.3) is 0 Å². The van der Waals surface area contributed by atoms with Gasteiger partial charge in [-0.1, -0.05) is 18.2 Å². The monoisotopic (exact) mass is 359 g/mol. The van der Waals surface area contributed by atoms with Gasteiger partial charge in [-0.25, -0.2) is 12.2 Å². The van der Waals surface area contributed by atoms with Gasteiger partial charge in [-0.3, -0.25) is 6.08 Å². The fourth-order valence-electron chi connectivity index (χ4n) is 0.755. The zero-order chi connectivity index (χ0) is 8.65. The number of rotatable bonds is 0. The largest absolute Gasteiger partial charge is 0.273 e. The molecule has 2 heteroatoms. The Hall–Kier alpha value is 0.313. The van der Waals surface area contributed by atoms with Gasteiger partial charge in [-0.15, -0.1) is 6.42 Å². The van der Waals surface area contributed by atoms with Crippen LogP contribution in [0.15, 0.2) is 48.6 Å². The summed E-state index contributed by atoms with van der Waals surface area (Å²) in [5, 5.41) is 0. The molecule has 0 fully saturated rings. The van der Waals surface area contributed by atoms with E-state index in [1.54, 1.807) is 0 Å². The molecule has 66 valence electrons. The van der Waals surface area contributed by atoms with E-state index in [4.69, 9.17) is 0 Å². The number of allylic oxidation sites excluding steroid dienone is 4. The minimum atomic E-state index is 0. The predicted octanol–water partition coefficient (Wildman–Crippen LogP) is 3.59. The van der Waals surface area contributed by atoms with E-state index >= 15 is 0 Å². The molecule has 0 N–H and O–H groups in total. The average Bonchev–Trinajstić information content (AvgIpc) is 2.62. The summed E-state index contributed by atoms with van der Waals surface area (Å²) < 4.78 is 1.29. The maximum Gasteiger partial charge on any atom is 0.0130 e. The summed E-state index contributed by atoms with van der Waals surface area (Å²) in [4.78, 5) is 0. The molecule has 0 unspecified atom stereocenters. The summed E-state index contributed by atoms with van der Waals surface area (Å²) in [6.07, 6.45) is 10.0. The van der Waals surface area contributed by atoms with Gasteiger partial charge >= 0.3 is 0 Å². The Morgan fingerprint density at radius 3 is 2.08 bits per heavy atom. The number of hydrogen-bond donors (Lipinski definition) is 0. The maximum atomic E-state index is 2.99. The molecule has 13 heavy (non-hydrogen) atoms. The van der Waals surface area contributed by atoms with E-state index in [1.807, 2.05) is 30.4 Å². The third-order valence-electron chi connectivity index (χ3n) is 1.32. The first-order chi connectivity index (χ1) is 5.89. The normalized spacial score (nSPS) is 11.5. The first kappa shape index (κ1) is 13.3. The fraction of sp³-hybridized carbons (Fsp3) is 0.0909. The van der Waals surface area contributed by atoms with Crippen molar-refractivity contribution in [3.63, 3.8) is 0 Å². The molecule has 0 bridgehead atoms. The second kappa shape index (κ2) is 8.89.